The molecule has 0 unspecified atom stereocenters. The maximum absolute atomic E-state index is 11.1. The summed E-state index contributed by atoms with van der Waals surface area (Å²) in [5.41, 5.74) is 2.07. The number of nitro benzene ring substituents is 1. The van der Waals surface area contributed by atoms with Crippen molar-refractivity contribution in [3.63, 3.8) is 0 Å². The molecule has 6 nitrogen and oxygen atoms in total. The summed E-state index contributed by atoms with van der Waals surface area (Å²) >= 11 is 0. The van der Waals surface area contributed by atoms with E-state index in [1.165, 1.54) is 6.07 Å². The van der Waals surface area contributed by atoms with Gasteiger partial charge in [-0.3, -0.25) is 19.6 Å². The third kappa shape index (κ3) is 2.24. The van der Waals surface area contributed by atoms with E-state index in [1.807, 2.05) is 6.92 Å². The molecule has 19 heavy (non-hydrogen) atoms. The standard InChI is InChI=1S/C13H13N3O3/c1-3-15-7-10(8-17)13(14-15)11-5-4-6-12(9(11)2)16(18)19/h4-8H,3H2,1-2H3. The minimum atomic E-state index is -0.434. The fourth-order valence-electron chi connectivity index (χ4n) is 1.97. The molecule has 1 heterocycles. The van der Waals surface area contributed by atoms with Crippen LogP contribution in [0.2, 0.25) is 0 Å². The summed E-state index contributed by atoms with van der Waals surface area (Å²) in [6.07, 6.45) is 2.35. The number of aryl methyl sites for hydroxylation is 1. The first kappa shape index (κ1) is 12.9. The van der Waals surface area contributed by atoms with E-state index in [4.69, 9.17) is 0 Å². The Labute approximate surface area is 109 Å². The predicted molar refractivity (Wildman–Crippen MR) is 70.1 cm³/mol. The number of carbonyl (C=O) groups is 1. The van der Waals surface area contributed by atoms with Gasteiger partial charge in [0, 0.05) is 29.9 Å². The molecular formula is C13H13N3O3. The van der Waals surface area contributed by atoms with Gasteiger partial charge in [0.05, 0.1) is 10.5 Å². The Hall–Kier alpha value is -2.50. The number of hydrogen-bond acceptors (Lipinski definition) is 4. The Morgan fingerprint density at radius 1 is 1.47 bits per heavy atom. The summed E-state index contributed by atoms with van der Waals surface area (Å²) in [6.45, 7) is 4.20. The molecule has 0 bridgehead atoms. The Bertz CT molecular complexity index is 647. The summed E-state index contributed by atoms with van der Waals surface area (Å²) in [5, 5.41) is 15.2. The molecule has 0 saturated heterocycles. The second-order valence-electron chi connectivity index (χ2n) is 4.11. The topological polar surface area (TPSA) is 78.0 Å². The fraction of sp³-hybridized carbons (Fsp3) is 0.231. The first-order valence-electron chi connectivity index (χ1n) is 5.85. The van der Waals surface area contributed by atoms with Crippen LogP contribution in [0.3, 0.4) is 0 Å². The summed E-state index contributed by atoms with van der Waals surface area (Å²) in [4.78, 5) is 21.6. The highest BCUT2D eigenvalue weighted by molar-refractivity contribution is 5.87. The normalized spacial score (nSPS) is 10.4. The lowest BCUT2D eigenvalue weighted by atomic mass is 10.0. The molecule has 6 heteroatoms. The highest BCUT2D eigenvalue weighted by Gasteiger charge is 2.18. The summed E-state index contributed by atoms with van der Waals surface area (Å²) < 4.78 is 1.64. The van der Waals surface area contributed by atoms with Crippen molar-refractivity contribution < 1.29 is 9.72 Å². The summed E-state index contributed by atoms with van der Waals surface area (Å²) in [7, 11) is 0. The van der Waals surface area contributed by atoms with Crippen LogP contribution in [0.5, 0.6) is 0 Å². The van der Waals surface area contributed by atoms with E-state index in [0.29, 0.717) is 35.2 Å². The van der Waals surface area contributed by atoms with Crippen molar-refractivity contribution in [1.82, 2.24) is 9.78 Å². The number of nitro groups is 1. The quantitative estimate of drug-likeness (QED) is 0.480. The molecule has 1 aromatic carbocycles. The van der Waals surface area contributed by atoms with Crippen molar-refractivity contribution in [2.75, 3.05) is 0 Å². The zero-order chi connectivity index (χ0) is 14.0. The van der Waals surface area contributed by atoms with Crippen LogP contribution in [0.4, 0.5) is 5.69 Å². The highest BCUT2D eigenvalue weighted by atomic mass is 16.6. The molecule has 0 radical (unpaired) electrons. The monoisotopic (exact) mass is 259 g/mol. The van der Waals surface area contributed by atoms with Gasteiger partial charge in [0.25, 0.3) is 5.69 Å². The van der Waals surface area contributed by atoms with Gasteiger partial charge in [0.1, 0.15) is 5.69 Å². The maximum atomic E-state index is 11.1. The Balaban J connectivity index is 2.65. The Morgan fingerprint density at radius 2 is 2.21 bits per heavy atom. The van der Waals surface area contributed by atoms with Crippen LogP contribution in [0, 0.1) is 17.0 Å². The van der Waals surface area contributed by atoms with Gasteiger partial charge in [-0.15, -0.1) is 0 Å². The minimum absolute atomic E-state index is 0.0281. The van der Waals surface area contributed by atoms with Crippen molar-refractivity contribution in [3.8, 4) is 11.3 Å². The molecule has 98 valence electrons. The number of aldehydes is 1. The van der Waals surface area contributed by atoms with E-state index < -0.39 is 4.92 Å². The summed E-state index contributed by atoms with van der Waals surface area (Å²) in [6, 6.07) is 4.77. The van der Waals surface area contributed by atoms with Crippen LogP contribution in [-0.4, -0.2) is 21.0 Å². The summed E-state index contributed by atoms with van der Waals surface area (Å²) in [5.74, 6) is 0. The zero-order valence-corrected chi connectivity index (χ0v) is 10.7. The minimum Gasteiger partial charge on any atom is -0.298 e. The number of nitrogens with zero attached hydrogens (tertiary/aromatic N) is 3. The van der Waals surface area contributed by atoms with Crippen LogP contribution in [-0.2, 0) is 6.54 Å². The van der Waals surface area contributed by atoms with Gasteiger partial charge < -0.3 is 0 Å². The zero-order valence-electron chi connectivity index (χ0n) is 10.7. The maximum Gasteiger partial charge on any atom is 0.272 e. The molecule has 0 atom stereocenters. The smallest absolute Gasteiger partial charge is 0.272 e. The molecule has 2 aromatic rings. The molecule has 0 saturated carbocycles. The number of rotatable bonds is 4. The molecule has 0 aliphatic rings. The lowest BCUT2D eigenvalue weighted by molar-refractivity contribution is -0.385. The highest BCUT2D eigenvalue weighted by Crippen LogP contribution is 2.30. The third-order valence-electron chi connectivity index (χ3n) is 3.00. The van der Waals surface area contributed by atoms with E-state index in [0.717, 1.165) is 0 Å². The van der Waals surface area contributed by atoms with Gasteiger partial charge in [0.2, 0.25) is 0 Å². The first-order chi connectivity index (χ1) is 9.08. The predicted octanol–water partition coefficient (Wildman–Crippen LogP) is 2.60. The van der Waals surface area contributed by atoms with Crippen molar-refractivity contribution in [2.45, 2.75) is 20.4 Å². The molecule has 0 N–H and O–H groups in total. The fourth-order valence-corrected chi connectivity index (χ4v) is 1.97. The van der Waals surface area contributed by atoms with Crippen LogP contribution in [0.15, 0.2) is 24.4 Å². The van der Waals surface area contributed by atoms with Crippen LogP contribution in [0.1, 0.15) is 22.8 Å². The van der Waals surface area contributed by atoms with E-state index in [9.17, 15) is 14.9 Å². The lowest BCUT2D eigenvalue weighted by Gasteiger charge is -2.04. The molecule has 0 aliphatic carbocycles. The molecule has 1 aromatic heterocycles. The van der Waals surface area contributed by atoms with E-state index >= 15 is 0 Å². The van der Waals surface area contributed by atoms with Gasteiger partial charge in [0.15, 0.2) is 6.29 Å². The second kappa shape index (κ2) is 5.01. The SMILES string of the molecule is CCn1cc(C=O)c(-c2cccc([N+](=O)[O-])c2C)n1. The Kier molecular flexibility index (Phi) is 3.41. The Morgan fingerprint density at radius 3 is 2.79 bits per heavy atom. The lowest BCUT2D eigenvalue weighted by Crippen LogP contribution is -1.97. The number of aromatic nitrogens is 2. The van der Waals surface area contributed by atoms with Crippen molar-refractivity contribution in [1.29, 1.82) is 0 Å². The van der Waals surface area contributed by atoms with Gasteiger partial charge in [-0.25, -0.2) is 0 Å². The van der Waals surface area contributed by atoms with Crippen LogP contribution in [0.25, 0.3) is 11.3 Å². The number of hydrogen-bond donors (Lipinski definition) is 0. The van der Waals surface area contributed by atoms with E-state index in [1.54, 1.807) is 29.9 Å². The average molecular weight is 259 g/mol. The molecule has 0 amide bonds. The van der Waals surface area contributed by atoms with Gasteiger partial charge in [-0.1, -0.05) is 12.1 Å². The largest absolute Gasteiger partial charge is 0.298 e. The number of benzene rings is 1. The molecular weight excluding hydrogens is 246 g/mol. The van der Waals surface area contributed by atoms with E-state index in [-0.39, 0.29) is 5.69 Å². The van der Waals surface area contributed by atoms with Gasteiger partial charge in [-0.05, 0) is 13.8 Å². The van der Waals surface area contributed by atoms with Crippen molar-refractivity contribution in [3.05, 3.63) is 45.6 Å². The number of carbonyl (C=O) groups excluding carboxylic acids is 1. The second-order valence-corrected chi connectivity index (χ2v) is 4.11. The van der Waals surface area contributed by atoms with Gasteiger partial charge >= 0.3 is 0 Å². The third-order valence-corrected chi connectivity index (χ3v) is 3.00. The molecule has 0 spiro atoms. The van der Waals surface area contributed by atoms with Crippen LogP contribution < -0.4 is 0 Å². The van der Waals surface area contributed by atoms with Crippen molar-refractivity contribution >= 4 is 12.0 Å². The average Bonchev–Trinajstić information content (AvgIpc) is 2.81. The molecule has 0 fully saturated rings. The molecule has 0 aliphatic heterocycles. The van der Waals surface area contributed by atoms with Crippen LogP contribution >= 0.6 is 0 Å². The van der Waals surface area contributed by atoms with Crippen molar-refractivity contribution in [2.24, 2.45) is 0 Å². The molecule has 2 rings (SSSR count). The van der Waals surface area contributed by atoms with E-state index in [2.05, 4.69) is 5.10 Å². The first-order valence-corrected chi connectivity index (χ1v) is 5.85. The van der Waals surface area contributed by atoms with Gasteiger partial charge in [-0.2, -0.15) is 5.10 Å².